The zero-order valence-electron chi connectivity index (χ0n) is 7.21. The summed E-state index contributed by atoms with van der Waals surface area (Å²) in [5.74, 6) is 0. The molecule has 1 saturated carbocycles. The largest absolute Gasteiger partial charge is 0.330 e. The number of nitrogens with zero attached hydrogens (tertiary/aromatic N) is 1. The third-order valence-corrected chi connectivity index (χ3v) is 3.02. The van der Waals surface area contributed by atoms with Crippen LogP contribution < -0.4 is 5.73 Å². The average Bonchev–Trinajstić information content (AvgIpc) is 2.76. The number of H-pyrrole nitrogens is 1. The quantitative estimate of drug-likeness (QED) is 0.691. The Morgan fingerprint density at radius 2 is 2.25 bits per heavy atom. The van der Waals surface area contributed by atoms with E-state index in [2.05, 4.69) is 16.3 Å². The van der Waals surface area contributed by atoms with Crippen molar-refractivity contribution in [2.45, 2.75) is 31.1 Å². The minimum absolute atomic E-state index is 0.219. The van der Waals surface area contributed by atoms with Crippen molar-refractivity contribution in [1.82, 2.24) is 10.2 Å². The highest BCUT2D eigenvalue weighted by atomic mass is 15.1. The summed E-state index contributed by atoms with van der Waals surface area (Å²) in [5, 5.41) is 7.02. The molecule has 1 aliphatic carbocycles. The van der Waals surface area contributed by atoms with Crippen LogP contribution in [-0.2, 0) is 5.41 Å². The summed E-state index contributed by atoms with van der Waals surface area (Å²) in [7, 11) is 0. The van der Waals surface area contributed by atoms with Gasteiger partial charge in [0, 0.05) is 23.9 Å². The molecular formula is C9H15N3. The van der Waals surface area contributed by atoms with Gasteiger partial charge in [-0.3, -0.25) is 5.10 Å². The van der Waals surface area contributed by atoms with E-state index in [1.807, 2.05) is 6.20 Å². The van der Waals surface area contributed by atoms with E-state index in [1.54, 1.807) is 0 Å². The van der Waals surface area contributed by atoms with Crippen LogP contribution in [0, 0.1) is 0 Å². The minimum Gasteiger partial charge on any atom is -0.330 e. The zero-order chi connectivity index (χ0) is 8.44. The lowest BCUT2D eigenvalue weighted by Crippen LogP contribution is -2.32. The van der Waals surface area contributed by atoms with Gasteiger partial charge in [-0.25, -0.2) is 0 Å². The average molecular weight is 165 g/mol. The van der Waals surface area contributed by atoms with Crippen LogP contribution in [0.5, 0.6) is 0 Å². The van der Waals surface area contributed by atoms with E-state index < -0.39 is 0 Å². The summed E-state index contributed by atoms with van der Waals surface area (Å²) in [4.78, 5) is 0. The van der Waals surface area contributed by atoms with Gasteiger partial charge in [0.2, 0.25) is 0 Å². The molecule has 12 heavy (non-hydrogen) atoms. The highest BCUT2D eigenvalue weighted by molar-refractivity contribution is 5.17. The monoisotopic (exact) mass is 165 g/mol. The predicted molar refractivity (Wildman–Crippen MR) is 47.8 cm³/mol. The fourth-order valence-corrected chi connectivity index (χ4v) is 2.19. The van der Waals surface area contributed by atoms with Crippen molar-refractivity contribution in [3.8, 4) is 0 Å². The van der Waals surface area contributed by atoms with Crippen molar-refractivity contribution >= 4 is 0 Å². The number of hydrogen-bond acceptors (Lipinski definition) is 2. The lowest BCUT2D eigenvalue weighted by atomic mass is 9.83. The van der Waals surface area contributed by atoms with Crippen LogP contribution >= 0.6 is 0 Å². The van der Waals surface area contributed by atoms with Crippen molar-refractivity contribution in [3.05, 3.63) is 18.0 Å². The lowest BCUT2D eigenvalue weighted by molar-refractivity contribution is 0.438. The Morgan fingerprint density at radius 3 is 2.75 bits per heavy atom. The molecule has 0 radical (unpaired) electrons. The van der Waals surface area contributed by atoms with Crippen molar-refractivity contribution in [2.24, 2.45) is 5.73 Å². The molecule has 0 aliphatic heterocycles. The molecule has 3 heteroatoms. The molecule has 0 bridgehead atoms. The van der Waals surface area contributed by atoms with Gasteiger partial charge in [-0.1, -0.05) is 12.8 Å². The molecule has 0 spiro atoms. The van der Waals surface area contributed by atoms with Gasteiger partial charge in [0.25, 0.3) is 0 Å². The van der Waals surface area contributed by atoms with Gasteiger partial charge < -0.3 is 5.73 Å². The summed E-state index contributed by atoms with van der Waals surface area (Å²) in [6.45, 7) is 0.745. The Bertz CT molecular complexity index is 234. The second-order valence-electron chi connectivity index (χ2n) is 3.66. The molecule has 1 aromatic heterocycles. The molecule has 3 nitrogen and oxygen atoms in total. The Kier molecular flexibility index (Phi) is 1.89. The number of aromatic nitrogens is 2. The maximum Gasteiger partial charge on any atom is 0.0490 e. The van der Waals surface area contributed by atoms with Gasteiger partial charge in [0.05, 0.1) is 0 Å². The molecule has 2 rings (SSSR count). The van der Waals surface area contributed by atoms with Crippen LogP contribution in [0.4, 0.5) is 0 Å². The number of nitrogens with two attached hydrogens (primary N) is 1. The van der Waals surface area contributed by atoms with Gasteiger partial charge in [-0.2, -0.15) is 5.10 Å². The fourth-order valence-electron chi connectivity index (χ4n) is 2.19. The molecule has 0 unspecified atom stereocenters. The molecule has 1 aliphatic rings. The normalized spacial score (nSPS) is 21.4. The molecule has 3 N–H and O–H groups in total. The summed E-state index contributed by atoms with van der Waals surface area (Å²) >= 11 is 0. The lowest BCUT2D eigenvalue weighted by Gasteiger charge is -2.25. The van der Waals surface area contributed by atoms with Crippen LogP contribution in [0.15, 0.2) is 12.3 Å². The van der Waals surface area contributed by atoms with Crippen molar-refractivity contribution in [1.29, 1.82) is 0 Å². The predicted octanol–water partition coefficient (Wildman–Crippen LogP) is 1.18. The highest BCUT2D eigenvalue weighted by Crippen LogP contribution is 2.38. The van der Waals surface area contributed by atoms with Gasteiger partial charge in [-0.15, -0.1) is 0 Å². The third kappa shape index (κ3) is 1.05. The molecule has 0 saturated heterocycles. The van der Waals surface area contributed by atoms with Gasteiger partial charge >= 0.3 is 0 Å². The first kappa shape index (κ1) is 7.80. The van der Waals surface area contributed by atoms with Gasteiger partial charge in [-0.05, 0) is 18.9 Å². The molecule has 1 aromatic rings. The smallest absolute Gasteiger partial charge is 0.0490 e. The first-order valence-electron chi connectivity index (χ1n) is 4.57. The van der Waals surface area contributed by atoms with E-state index in [1.165, 1.54) is 31.4 Å². The maximum atomic E-state index is 5.81. The van der Waals surface area contributed by atoms with Crippen molar-refractivity contribution < 1.29 is 0 Å². The van der Waals surface area contributed by atoms with Crippen molar-refractivity contribution in [3.63, 3.8) is 0 Å². The molecule has 0 atom stereocenters. The first-order chi connectivity index (χ1) is 5.87. The highest BCUT2D eigenvalue weighted by Gasteiger charge is 2.35. The maximum absolute atomic E-state index is 5.81. The SMILES string of the molecule is NCC1(c2ccn[nH]2)CCCC1. The van der Waals surface area contributed by atoms with Gasteiger partial charge in [0.15, 0.2) is 0 Å². The van der Waals surface area contributed by atoms with E-state index in [0.717, 1.165) is 6.54 Å². The molecule has 66 valence electrons. The Labute approximate surface area is 72.4 Å². The van der Waals surface area contributed by atoms with E-state index in [-0.39, 0.29) is 5.41 Å². The van der Waals surface area contributed by atoms with E-state index in [9.17, 15) is 0 Å². The molecular weight excluding hydrogens is 150 g/mol. The molecule has 1 heterocycles. The Balaban J connectivity index is 2.28. The van der Waals surface area contributed by atoms with Crippen molar-refractivity contribution in [2.75, 3.05) is 6.54 Å². The topological polar surface area (TPSA) is 54.7 Å². The number of hydrogen-bond donors (Lipinski definition) is 2. The van der Waals surface area contributed by atoms with E-state index in [4.69, 9.17) is 5.73 Å². The minimum atomic E-state index is 0.219. The summed E-state index contributed by atoms with van der Waals surface area (Å²) in [6, 6.07) is 2.05. The Morgan fingerprint density at radius 1 is 1.50 bits per heavy atom. The molecule has 1 fully saturated rings. The van der Waals surface area contributed by atoms with E-state index in [0.29, 0.717) is 0 Å². The first-order valence-corrected chi connectivity index (χ1v) is 4.57. The van der Waals surface area contributed by atoms with E-state index >= 15 is 0 Å². The second-order valence-corrected chi connectivity index (χ2v) is 3.66. The second kappa shape index (κ2) is 2.90. The van der Waals surface area contributed by atoms with Crippen LogP contribution in [0.2, 0.25) is 0 Å². The van der Waals surface area contributed by atoms with Crippen LogP contribution in [0.1, 0.15) is 31.4 Å². The third-order valence-electron chi connectivity index (χ3n) is 3.02. The molecule has 0 aromatic carbocycles. The summed E-state index contributed by atoms with van der Waals surface area (Å²) < 4.78 is 0. The molecule has 0 amide bonds. The Hall–Kier alpha value is -0.830. The van der Waals surface area contributed by atoms with Crippen LogP contribution in [0.25, 0.3) is 0 Å². The number of aromatic amines is 1. The zero-order valence-corrected chi connectivity index (χ0v) is 7.21. The summed E-state index contributed by atoms with van der Waals surface area (Å²) in [6.07, 6.45) is 6.84. The van der Waals surface area contributed by atoms with Crippen LogP contribution in [-0.4, -0.2) is 16.7 Å². The summed E-state index contributed by atoms with van der Waals surface area (Å²) in [5.41, 5.74) is 7.26. The van der Waals surface area contributed by atoms with Crippen LogP contribution in [0.3, 0.4) is 0 Å². The fraction of sp³-hybridized carbons (Fsp3) is 0.667. The number of rotatable bonds is 2. The van der Waals surface area contributed by atoms with Gasteiger partial charge in [0.1, 0.15) is 0 Å². The number of nitrogens with one attached hydrogen (secondary N) is 1. The standard InChI is InChI=1S/C9H15N3/c10-7-9(4-1-2-5-9)8-3-6-11-12-8/h3,6H,1-2,4-5,7,10H2,(H,11,12).